The van der Waals surface area contributed by atoms with Gasteiger partial charge in [0.1, 0.15) is 0 Å². The second-order valence-corrected chi connectivity index (χ2v) is 6.65. The van der Waals surface area contributed by atoms with Crippen LogP contribution in [0.5, 0.6) is 0 Å². The molecule has 0 atom stereocenters. The van der Waals surface area contributed by atoms with Gasteiger partial charge in [-0.25, -0.2) is 0 Å². The number of aliphatic imine (C=N–C) groups is 1. The highest BCUT2D eigenvalue weighted by Crippen LogP contribution is 2.28. The van der Waals surface area contributed by atoms with Crippen molar-refractivity contribution in [3.05, 3.63) is 0 Å². The zero-order valence-electron chi connectivity index (χ0n) is 16.4. The number of rotatable bonds is 14. The highest BCUT2D eigenvalue weighted by molar-refractivity contribution is 14.0. The molecule has 1 rings (SSSR count). The summed E-state index contributed by atoms with van der Waals surface area (Å²) < 4.78 is 10.4. The second-order valence-electron chi connectivity index (χ2n) is 6.65. The van der Waals surface area contributed by atoms with E-state index in [1.165, 1.54) is 44.9 Å². The zero-order chi connectivity index (χ0) is 17.3. The van der Waals surface area contributed by atoms with Crippen LogP contribution in [0.25, 0.3) is 0 Å². The van der Waals surface area contributed by atoms with E-state index < -0.39 is 0 Å². The molecule has 1 fully saturated rings. The molecule has 1 aliphatic rings. The Morgan fingerprint density at radius 2 is 1.80 bits per heavy atom. The van der Waals surface area contributed by atoms with Gasteiger partial charge in [0.05, 0.1) is 13.2 Å². The molecule has 2 N–H and O–H groups in total. The zero-order valence-corrected chi connectivity index (χ0v) is 18.7. The van der Waals surface area contributed by atoms with Gasteiger partial charge in [0, 0.05) is 33.4 Å². The lowest BCUT2D eigenvalue weighted by atomic mass is 10.0. The lowest BCUT2D eigenvalue weighted by Crippen LogP contribution is -2.38. The van der Waals surface area contributed by atoms with E-state index in [1.54, 1.807) is 7.11 Å². The minimum Gasteiger partial charge on any atom is -0.382 e. The molecule has 0 saturated heterocycles. The molecule has 25 heavy (non-hydrogen) atoms. The Bertz CT molecular complexity index is 311. The predicted octanol–water partition coefficient (Wildman–Crippen LogP) is 3.96. The number of ether oxygens (including phenoxy) is 2. The van der Waals surface area contributed by atoms with Crippen molar-refractivity contribution in [3.8, 4) is 0 Å². The van der Waals surface area contributed by atoms with Gasteiger partial charge < -0.3 is 20.1 Å². The van der Waals surface area contributed by atoms with Crippen LogP contribution < -0.4 is 10.6 Å². The Balaban J connectivity index is 0.00000576. The van der Waals surface area contributed by atoms with Crippen molar-refractivity contribution in [2.45, 2.75) is 64.7 Å². The minimum atomic E-state index is 0. The fraction of sp³-hybridized carbons (Fsp3) is 0.947. The molecule has 0 bridgehead atoms. The van der Waals surface area contributed by atoms with Crippen LogP contribution >= 0.6 is 24.0 Å². The first-order chi connectivity index (χ1) is 11.9. The van der Waals surface area contributed by atoms with Crippen LogP contribution in [0.3, 0.4) is 0 Å². The third kappa shape index (κ3) is 14.7. The Kier molecular flexibility index (Phi) is 18.6. The van der Waals surface area contributed by atoms with Crippen molar-refractivity contribution < 1.29 is 9.47 Å². The highest BCUT2D eigenvalue weighted by atomic mass is 127. The van der Waals surface area contributed by atoms with E-state index in [9.17, 15) is 0 Å². The number of unbranched alkanes of at least 4 members (excludes halogenated alkanes) is 2. The maximum atomic E-state index is 5.46. The third-order valence-electron chi connectivity index (χ3n) is 4.55. The summed E-state index contributed by atoms with van der Waals surface area (Å²) in [7, 11) is 1.70. The van der Waals surface area contributed by atoms with E-state index in [2.05, 4.69) is 22.5 Å². The molecule has 0 radical (unpaired) electrons. The SMILES string of the molecule is CCNC(=NCCCCC1CCCC1)NCCCCOCCOC.I. The van der Waals surface area contributed by atoms with E-state index in [0.717, 1.165) is 51.0 Å². The molecule has 0 unspecified atom stereocenters. The standard InChI is InChI=1S/C19H39N3O2.HI/c1-3-20-19(22-14-8-9-15-24-17-16-23-2)21-13-7-6-12-18-10-4-5-11-18;/h18H,3-17H2,1-2H3,(H2,20,21,22);1H. The van der Waals surface area contributed by atoms with Crippen molar-refractivity contribution in [1.29, 1.82) is 0 Å². The number of guanidine groups is 1. The van der Waals surface area contributed by atoms with Gasteiger partial charge in [-0.3, -0.25) is 4.99 Å². The fourth-order valence-electron chi connectivity index (χ4n) is 3.16. The first kappa shape index (κ1) is 24.9. The smallest absolute Gasteiger partial charge is 0.191 e. The fourth-order valence-corrected chi connectivity index (χ4v) is 3.16. The third-order valence-corrected chi connectivity index (χ3v) is 4.55. The molecule has 0 aromatic heterocycles. The van der Waals surface area contributed by atoms with Gasteiger partial charge in [-0.15, -0.1) is 24.0 Å². The molecule has 1 saturated carbocycles. The molecular weight excluding hydrogens is 429 g/mol. The molecule has 1 aliphatic carbocycles. The molecule has 150 valence electrons. The molecule has 0 spiro atoms. The van der Waals surface area contributed by atoms with E-state index in [-0.39, 0.29) is 24.0 Å². The van der Waals surface area contributed by atoms with E-state index in [1.807, 2.05) is 0 Å². The predicted molar refractivity (Wildman–Crippen MR) is 117 cm³/mol. The topological polar surface area (TPSA) is 54.9 Å². The Morgan fingerprint density at radius 1 is 1.00 bits per heavy atom. The first-order valence-electron chi connectivity index (χ1n) is 9.95. The van der Waals surface area contributed by atoms with Gasteiger partial charge in [0.15, 0.2) is 5.96 Å². The van der Waals surface area contributed by atoms with Crippen molar-refractivity contribution >= 4 is 29.9 Å². The van der Waals surface area contributed by atoms with Crippen LogP contribution in [0.15, 0.2) is 4.99 Å². The Hall–Kier alpha value is -0.0800. The molecular formula is C19H40IN3O2. The number of hydrogen-bond donors (Lipinski definition) is 2. The van der Waals surface area contributed by atoms with E-state index in [4.69, 9.17) is 9.47 Å². The Labute approximate surface area is 172 Å². The van der Waals surface area contributed by atoms with Gasteiger partial charge in [-0.1, -0.05) is 38.5 Å². The van der Waals surface area contributed by atoms with Crippen LogP contribution in [0.2, 0.25) is 0 Å². The van der Waals surface area contributed by atoms with Crippen molar-refractivity contribution in [2.24, 2.45) is 10.9 Å². The molecule has 0 aromatic rings. The summed E-state index contributed by atoms with van der Waals surface area (Å²) in [5.74, 6) is 1.96. The van der Waals surface area contributed by atoms with Crippen molar-refractivity contribution in [3.63, 3.8) is 0 Å². The largest absolute Gasteiger partial charge is 0.382 e. The lowest BCUT2D eigenvalue weighted by molar-refractivity contribution is 0.0689. The van der Waals surface area contributed by atoms with Gasteiger partial charge >= 0.3 is 0 Å². The summed E-state index contributed by atoms with van der Waals surface area (Å²) in [5.41, 5.74) is 0. The number of halogens is 1. The quantitative estimate of drug-likeness (QED) is 0.175. The van der Waals surface area contributed by atoms with Gasteiger partial charge in [0.25, 0.3) is 0 Å². The van der Waals surface area contributed by atoms with Crippen LogP contribution in [-0.2, 0) is 9.47 Å². The lowest BCUT2D eigenvalue weighted by Gasteiger charge is -2.12. The second kappa shape index (κ2) is 18.7. The van der Waals surface area contributed by atoms with Crippen LogP contribution in [0.1, 0.15) is 64.7 Å². The average Bonchev–Trinajstić information content (AvgIpc) is 3.10. The van der Waals surface area contributed by atoms with Gasteiger partial charge in [0.2, 0.25) is 0 Å². The number of nitrogens with one attached hydrogen (secondary N) is 2. The normalized spacial score (nSPS) is 15.2. The van der Waals surface area contributed by atoms with Crippen molar-refractivity contribution in [2.75, 3.05) is 46.6 Å². The molecule has 0 aliphatic heterocycles. The summed E-state index contributed by atoms with van der Waals surface area (Å²) in [6.45, 7) is 7.07. The Morgan fingerprint density at radius 3 is 2.52 bits per heavy atom. The first-order valence-corrected chi connectivity index (χ1v) is 9.95. The number of nitrogens with zero attached hydrogens (tertiary/aromatic N) is 1. The summed E-state index contributed by atoms with van der Waals surface area (Å²) in [6, 6.07) is 0. The van der Waals surface area contributed by atoms with Crippen LogP contribution in [-0.4, -0.2) is 52.5 Å². The molecule has 0 amide bonds. The molecule has 6 heteroatoms. The summed E-state index contributed by atoms with van der Waals surface area (Å²) >= 11 is 0. The van der Waals surface area contributed by atoms with Gasteiger partial charge in [-0.2, -0.15) is 0 Å². The van der Waals surface area contributed by atoms with E-state index in [0.29, 0.717) is 13.2 Å². The van der Waals surface area contributed by atoms with Crippen LogP contribution in [0.4, 0.5) is 0 Å². The van der Waals surface area contributed by atoms with Crippen molar-refractivity contribution in [1.82, 2.24) is 10.6 Å². The summed E-state index contributed by atoms with van der Waals surface area (Å²) in [6.07, 6.45) is 11.9. The minimum absolute atomic E-state index is 0. The number of methoxy groups -OCH3 is 1. The van der Waals surface area contributed by atoms with E-state index >= 15 is 0 Å². The van der Waals surface area contributed by atoms with Crippen LogP contribution in [0, 0.1) is 5.92 Å². The number of hydrogen-bond acceptors (Lipinski definition) is 3. The molecule has 0 aromatic carbocycles. The monoisotopic (exact) mass is 469 g/mol. The summed E-state index contributed by atoms with van der Waals surface area (Å²) in [4.78, 5) is 4.68. The maximum absolute atomic E-state index is 5.46. The maximum Gasteiger partial charge on any atom is 0.191 e. The summed E-state index contributed by atoms with van der Waals surface area (Å²) in [5, 5.41) is 6.74. The average molecular weight is 469 g/mol. The molecule has 5 nitrogen and oxygen atoms in total. The van der Waals surface area contributed by atoms with Gasteiger partial charge in [-0.05, 0) is 32.1 Å². The highest BCUT2D eigenvalue weighted by Gasteiger charge is 2.13. The molecule has 0 heterocycles.